The van der Waals surface area contributed by atoms with Gasteiger partial charge in [-0.1, -0.05) is 0 Å². The highest BCUT2D eigenvalue weighted by molar-refractivity contribution is 5.51. The zero-order chi connectivity index (χ0) is 12.3. The maximum atomic E-state index is 8.56. The molecule has 5 heteroatoms. The minimum absolute atomic E-state index is 0.0231. The third-order valence-corrected chi connectivity index (χ3v) is 2.36. The van der Waals surface area contributed by atoms with E-state index in [0.29, 0.717) is 11.6 Å². The predicted octanol–water partition coefficient (Wildman–Crippen LogP) is 1.91. The molecule has 1 aromatic rings. The van der Waals surface area contributed by atoms with Crippen LogP contribution in [0.2, 0.25) is 0 Å². The average Bonchev–Trinajstić information content (AvgIpc) is 2.14. The molecule has 1 aromatic heterocycles. The van der Waals surface area contributed by atoms with Gasteiger partial charge in [-0.25, -0.2) is 9.97 Å². The zero-order valence-electron chi connectivity index (χ0n) is 10.4. The number of nitrogens with zero attached hydrogens (tertiary/aromatic N) is 4. The average molecular weight is 219 g/mol. The van der Waals surface area contributed by atoms with Gasteiger partial charge in [0.05, 0.1) is 0 Å². The number of anilines is 2. The first-order valence-electron chi connectivity index (χ1n) is 5.09. The van der Waals surface area contributed by atoms with E-state index in [1.54, 1.807) is 6.07 Å². The Morgan fingerprint density at radius 2 is 2.00 bits per heavy atom. The van der Waals surface area contributed by atoms with Crippen LogP contribution < -0.4 is 10.2 Å². The van der Waals surface area contributed by atoms with Crippen molar-refractivity contribution in [1.82, 2.24) is 9.97 Å². The third-order valence-electron chi connectivity index (χ3n) is 2.36. The highest BCUT2D eigenvalue weighted by Crippen LogP contribution is 2.21. The Balaban J connectivity index is 3.10. The van der Waals surface area contributed by atoms with Crippen molar-refractivity contribution in [3.8, 4) is 6.19 Å². The molecular weight excluding hydrogens is 202 g/mol. The molecular formula is C11H17N5. The van der Waals surface area contributed by atoms with E-state index in [1.807, 2.05) is 25.1 Å². The van der Waals surface area contributed by atoms with E-state index >= 15 is 0 Å². The second-order valence-electron chi connectivity index (χ2n) is 4.63. The minimum atomic E-state index is -0.0231. The van der Waals surface area contributed by atoms with E-state index in [2.05, 4.69) is 36.1 Å². The maximum absolute atomic E-state index is 8.56. The third kappa shape index (κ3) is 2.83. The first kappa shape index (κ1) is 12.2. The number of aryl methyl sites for hydroxylation is 1. The normalized spacial score (nSPS) is 10.8. The molecule has 16 heavy (non-hydrogen) atoms. The number of hydrogen-bond acceptors (Lipinski definition) is 5. The van der Waals surface area contributed by atoms with E-state index in [1.165, 1.54) is 0 Å². The molecule has 0 amide bonds. The predicted molar refractivity (Wildman–Crippen MR) is 64.2 cm³/mol. The Labute approximate surface area is 96.1 Å². The van der Waals surface area contributed by atoms with Crippen LogP contribution in [-0.4, -0.2) is 22.6 Å². The van der Waals surface area contributed by atoms with Crippen LogP contribution in [0.15, 0.2) is 6.07 Å². The molecule has 1 N–H and O–H groups in total. The van der Waals surface area contributed by atoms with Crippen molar-refractivity contribution >= 4 is 11.6 Å². The molecule has 0 fully saturated rings. The molecule has 86 valence electrons. The Morgan fingerprint density at radius 1 is 1.38 bits per heavy atom. The quantitative estimate of drug-likeness (QED) is 0.608. The van der Waals surface area contributed by atoms with E-state index in [-0.39, 0.29) is 5.54 Å². The Hall–Kier alpha value is -1.83. The van der Waals surface area contributed by atoms with Crippen molar-refractivity contribution in [2.24, 2.45) is 0 Å². The summed E-state index contributed by atoms with van der Waals surface area (Å²) in [7, 11) is 1.97. The monoisotopic (exact) mass is 219 g/mol. The Morgan fingerprint density at radius 3 is 2.50 bits per heavy atom. The Bertz CT molecular complexity index is 413. The van der Waals surface area contributed by atoms with Gasteiger partial charge in [-0.2, -0.15) is 5.26 Å². The fraction of sp³-hybridized carbons (Fsp3) is 0.545. The summed E-state index contributed by atoms with van der Waals surface area (Å²) in [5.41, 5.74) is -0.0231. The fourth-order valence-electron chi connectivity index (χ4n) is 1.19. The standard InChI is InChI=1S/C11H17N5/c1-8-14-9(13-7-12)6-10(15-8)16(5)11(2,3)4/h6H,1-5H3,(H,13,14,15). The van der Waals surface area contributed by atoms with E-state index < -0.39 is 0 Å². The van der Waals surface area contributed by atoms with Crippen molar-refractivity contribution < 1.29 is 0 Å². The summed E-state index contributed by atoms with van der Waals surface area (Å²) >= 11 is 0. The van der Waals surface area contributed by atoms with Gasteiger partial charge in [-0.05, 0) is 27.7 Å². The van der Waals surface area contributed by atoms with Crippen molar-refractivity contribution in [1.29, 1.82) is 5.26 Å². The lowest BCUT2D eigenvalue weighted by atomic mass is 10.1. The molecule has 0 saturated carbocycles. The highest BCUT2D eigenvalue weighted by Gasteiger charge is 2.19. The molecule has 0 aliphatic carbocycles. The van der Waals surface area contributed by atoms with Gasteiger partial charge in [0.15, 0.2) is 6.19 Å². The number of hydrogen-bond donors (Lipinski definition) is 1. The summed E-state index contributed by atoms with van der Waals surface area (Å²) in [5.74, 6) is 1.98. The summed E-state index contributed by atoms with van der Waals surface area (Å²) < 4.78 is 0. The van der Waals surface area contributed by atoms with Gasteiger partial charge in [0.2, 0.25) is 0 Å². The smallest absolute Gasteiger partial charge is 0.182 e. The van der Waals surface area contributed by atoms with Crippen LogP contribution in [-0.2, 0) is 0 Å². The molecule has 5 nitrogen and oxygen atoms in total. The van der Waals surface area contributed by atoms with E-state index in [4.69, 9.17) is 5.26 Å². The van der Waals surface area contributed by atoms with Crippen LogP contribution in [0.5, 0.6) is 0 Å². The first-order valence-corrected chi connectivity index (χ1v) is 5.09. The molecule has 0 radical (unpaired) electrons. The molecule has 1 heterocycles. The fourth-order valence-corrected chi connectivity index (χ4v) is 1.19. The van der Waals surface area contributed by atoms with Gasteiger partial charge < -0.3 is 4.90 Å². The lowest BCUT2D eigenvalue weighted by Crippen LogP contribution is -2.38. The van der Waals surface area contributed by atoms with Crippen LogP contribution in [0, 0.1) is 18.4 Å². The number of aromatic nitrogens is 2. The molecule has 1 rings (SSSR count). The van der Waals surface area contributed by atoms with Gasteiger partial charge in [0.25, 0.3) is 0 Å². The van der Waals surface area contributed by atoms with Gasteiger partial charge >= 0.3 is 0 Å². The molecule has 0 aromatic carbocycles. The SMILES string of the molecule is Cc1nc(NC#N)cc(N(C)C(C)(C)C)n1. The lowest BCUT2D eigenvalue weighted by Gasteiger charge is -2.33. The molecule has 0 aliphatic heterocycles. The summed E-state index contributed by atoms with van der Waals surface area (Å²) in [6.45, 7) is 8.11. The van der Waals surface area contributed by atoms with Crippen LogP contribution in [0.3, 0.4) is 0 Å². The van der Waals surface area contributed by atoms with Crippen molar-refractivity contribution in [3.63, 3.8) is 0 Å². The van der Waals surface area contributed by atoms with E-state index in [9.17, 15) is 0 Å². The second kappa shape index (κ2) is 4.35. The largest absolute Gasteiger partial charge is 0.355 e. The number of nitrogens with one attached hydrogen (secondary N) is 1. The molecule has 0 saturated heterocycles. The van der Waals surface area contributed by atoms with Gasteiger partial charge in [-0.15, -0.1) is 0 Å². The number of rotatable bonds is 2. The molecule has 0 unspecified atom stereocenters. The van der Waals surface area contributed by atoms with Crippen LogP contribution in [0.25, 0.3) is 0 Å². The lowest BCUT2D eigenvalue weighted by molar-refractivity contribution is 0.533. The van der Waals surface area contributed by atoms with Crippen molar-refractivity contribution in [3.05, 3.63) is 11.9 Å². The molecule has 0 bridgehead atoms. The summed E-state index contributed by atoms with van der Waals surface area (Å²) in [6, 6.07) is 1.77. The summed E-state index contributed by atoms with van der Waals surface area (Å²) in [6.07, 6.45) is 1.86. The van der Waals surface area contributed by atoms with Gasteiger partial charge in [0.1, 0.15) is 17.5 Å². The summed E-state index contributed by atoms with van der Waals surface area (Å²) in [4.78, 5) is 10.5. The second-order valence-corrected chi connectivity index (χ2v) is 4.63. The van der Waals surface area contributed by atoms with Crippen molar-refractivity contribution in [2.45, 2.75) is 33.2 Å². The zero-order valence-corrected chi connectivity index (χ0v) is 10.4. The molecule has 0 spiro atoms. The molecule has 0 aliphatic rings. The van der Waals surface area contributed by atoms with E-state index in [0.717, 1.165) is 5.82 Å². The highest BCUT2D eigenvalue weighted by atomic mass is 15.2. The van der Waals surface area contributed by atoms with Crippen molar-refractivity contribution in [2.75, 3.05) is 17.3 Å². The Kier molecular flexibility index (Phi) is 3.33. The van der Waals surface area contributed by atoms with Gasteiger partial charge in [-0.3, -0.25) is 5.32 Å². The van der Waals surface area contributed by atoms with Crippen LogP contribution >= 0.6 is 0 Å². The topological polar surface area (TPSA) is 64.8 Å². The van der Waals surface area contributed by atoms with Crippen LogP contribution in [0.4, 0.5) is 11.6 Å². The minimum Gasteiger partial charge on any atom is -0.355 e. The van der Waals surface area contributed by atoms with Crippen LogP contribution in [0.1, 0.15) is 26.6 Å². The maximum Gasteiger partial charge on any atom is 0.182 e. The number of nitriles is 1. The summed E-state index contributed by atoms with van der Waals surface area (Å²) in [5, 5.41) is 11.1. The first-order chi connectivity index (χ1) is 7.34. The molecule has 0 atom stereocenters. The van der Waals surface area contributed by atoms with Gasteiger partial charge in [0, 0.05) is 18.7 Å².